The van der Waals surface area contributed by atoms with Gasteiger partial charge in [0.15, 0.2) is 0 Å². The SMILES string of the molecule is CCCCNC(=O)c1cnc(Nc2ccc(C(C)C)cc2)cn1. The lowest BCUT2D eigenvalue weighted by molar-refractivity contribution is 0.0948. The Balaban J connectivity index is 1.95. The highest BCUT2D eigenvalue weighted by atomic mass is 16.1. The normalized spacial score (nSPS) is 10.6. The highest BCUT2D eigenvalue weighted by Crippen LogP contribution is 2.19. The lowest BCUT2D eigenvalue weighted by Gasteiger charge is -2.09. The molecule has 0 saturated carbocycles. The molecular formula is C18H24N4O. The van der Waals surface area contributed by atoms with E-state index in [1.54, 1.807) is 6.20 Å². The van der Waals surface area contributed by atoms with Crippen LogP contribution in [0.2, 0.25) is 0 Å². The van der Waals surface area contributed by atoms with Crippen LogP contribution in [-0.2, 0) is 0 Å². The minimum atomic E-state index is -0.182. The first kappa shape index (κ1) is 16.9. The number of carbonyl (C=O) groups excluding carboxylic acids is 1. The minimum Gasteiger partial charge on any atom is -0.351 e. The molecule has 0 atom stereocenters. The second-order valence-corrected chi connectivity index (χ2v) is 5.80. The summed E-state index contributed by atoms with van der Waals surface area (Å²) in [7, 11) is 0. The molecule has 1 aromatic heterocycles. The van der Waals surface area contributed by atoms with Crippen molar-refractivity contribution >= 4 is 17.4 Å². The minimum absolute atomic E-state index is 0.182. The fraction of sp³-hybridized carbons (Fsp3) is 0.389. The van der Waals surface area contributed by atoms with E-state index in [0.717, 1.165) is 18.5 Å². The number of nitrogens with zero attached hydrogens (tertiary/aromatic N) is 2. The van der Waals surface area contributed by atoms with E-state index in [-0.39, 0.29) is 5.91 Å². The van der Waals surface area contributed by atoms with E-state index >= 15 is 0 Å². The lowest BCUT2D eigenvalue weighted by atomic mass is 10.0. The van der Waals surface area contributed by atoms with Crippen LogP contribution in [0.15, 0.2) is 36.7 Å². The molecule has 1 amide bonds. The lowest BCUT2D eigenvalue weighted by Crippen LogP contribution is -2.25. The maximum absolute atomic E-state index is 11.9. The van der Waals surface area contributed by atoms with Gasteiger partial charge in [-0.05, 0) is 30.0 Å². The molecule has 0 saturated heterocycles. The first-order valence-electron chi connectivity index (χ1n) is 8.07. The molecule has 0 aliphatic heterocycles. The largest absolute Gasteiger partial charge is 0.351 e. The zero-order chi connectivity index (χ0) is 16.7. The van der Waals surface area contributed by atoms with Crippen molar-refractivity contribution in [2.75, 3.05) is 11.9 Å². The number of carbonyl (C=O) groups is 1. The summed E-state index contributed by atoms with van der Waals surface area (Å²) in [6.45, 7) is 7.08. The molecule has 0 aliphatic carbocycles. The van der Waals surface area contributed by atoms with Crippen LogP contribution >= 0.6 is 0 Å². The van der Waals surface area contributed by atoms with Gasteiger partial charge < -0.3 is 10.6 Å². The number of amides is 1. The maximum Gasteiger partial charge on any atom is 0.271 e. The van der Waals surface area contributed by atoms with E-state index in [1.807, 2.05) is 12.1 Å². The zero-order valence-corrected chi connectivity index (χ0v) is 14.0. The van der Waals surface area contributed by atoms with Crippen molar-refractivity contribution in [2.24, 2.45) is 0 Å². The molecule has 23 heavy (non-hydrogen) atoms. The molecule has 0 radical (unpaired) electrons. The van der Waals surface area contributed by atoms with Gasteiger partial charge in [0.2, 0.25) is 0 Å². The van der Waals surface area contributed by atoms with Crippen molar-refractivity contribution in [1.29, 1.82) is 0 Å². The van der Waals surface area contributed by atoms with E-state index in [1.165, 1.54) is 11.8 Å². The molecule has 0 fully saturated rings. The third kappa shape index (κ3) is 5.06. The summed E-state index contributed by atoms with van der Waals surface area (Å²) in [5.74, 6) is 0.945. The first-order valence-corrected chi connectivity index (χ1v) is 8.07. The topological polar surface area (TPSA) is 66.9 Å². The van der Waals surface area contributed by atoms with Crippen molar-refractivity contribution in [3.05, 3.63) is 47.9 Å². The van der Waals surface area contributed by atoms with E-state index in [0.29, 0.717) is 24.0 Å². The summed E-state index contributed by atoms with van der Waals surface area (Å²) < 4.78 is 0. The first-order chi connectivity index (χ1) is 11.1. The molecule has 2 rings (SSSR count). The monoisotopic (exact) mass is 312 g/mol. The Kier molecular flexibility index (Phi) is 6.09. The Hall–Kier alpha value is -2.43. The predicted molar refractivity (Wildman–Crippen MR) is 93.1 cm³/mol. The summed E-state index contributed by atoms with van der Waals surface area (Å²) in [6.07, 6.45) is 5.08. The molecule has 0 aliphatic rings. The Morgan fingerprint density at radius 2 is 1.87 bits per heavy atom. The number of unbranched alkanes of at least 4 members (excludes halogenated alkanes) is 1. The summed E-state index contributed by atoms with van der Waals surface area (Å²) >= 11 is 0. The number of hydrogen-bond acceptors (Lipinski definition) is 4. The number of nitrogens with one attached hydrogen (secondary N) is 2. The molecule has 0 unspecified atom stereocenters. The highest BCUT2D eigenvalue weighted by Gasteiger charge is 2.07. The van der Waals surface area contributed by atoms with Gasteiger partial charge in [0.25, 0.3) is 5.91 Å². The smallest absolute Gasteiger partial charge is 0.271 e. The van der Waals surface area contributed by atoms with Gasteiger partial charge in [-0.2, -0.15) is 0 Å². The quantitative estimate of drug-likeness (QED) is 0.762. The molecule has 5 heteroatoms. The van der Waals surface area contributed by atoms with Crippen molar-refractivity contribution in [3.63, 3.8) is 0 Å². The van der Waals surface area contributed by atoms with Gasteiger partial charge in [-0.15, -0.1) is 0 Å². The Morgan fingerprint density at radius 3 is 2.43 bits per heavy atom. The molecular weight excluding hydrogens is 288 g/mol. The molecule has 1 heterocycles. The second-order valence-electron chi connectivity index (χ2n) is 5.80. The maximum atomic E-state index is 11.9. The van der Waals surface area contributed by atoms with Crippen LogP contribution in [0.25, 0.3) is 0 Å². The van der Waals surface area contributed by atoms with Gasteiger partial charge in [0.05, 0.1) is 12.4 Å². The van der Waals surface area contributed by atoms with E-state index in [4.69, 9.17) is 0 Å². The molecule has 5 nitrogen and oxygen atoms in total. The molecule has 2 aromatic rings. The average Bonchev–Trinajstić information content (AvgIpc) is 2.56. The zero-order valence-electron chi connectivity index (χ0n) is 14.0. The van der Waals surface area contributed by atoms with Gasteiger partial charge in [0, 0.05) is 12.2 Å². The fourth-order valence-electron chi connectivity index (χ4n) is 2.08. The van der Waals surface area contributed by atoms with Crippen LogP contribution in [0.5, 0.6) is 0 Å². The van der Waals surface area contributed by atoms with Crippen LogP contribution in [0.1, 0.15) is 55.6 Å². The standard InChI is InChI=1S/C18H24N4O/c1-4-5-10-19-18(23)16-11-21-17(12-20-16)22-15-8-6-14(7-9-15)13(2)3/h6-9,11-13H,4-5,10H2,1-3H3,(H,19,23)(H,21,22). The number of rotatable bonds is 7. The number of anilines is 2. The Morgan fingerprint density at radius 1 is 1.13 bits per heavy atom. The van der Waals surface area contributed by atoms with Gasteiger partial charge in [-0.3, -0.25) is 4.79 Å². The Bertz CT molecular complexity index is 620. The molecule has 122 valence electrons. The van der Waals surface area contributed by atoms with E-state index < -0.39 is 0 Å². The molecule has 2 N–H and O–H groups in total. The van der Waals surface area contributed by atoms with Gasteiger partial charge >= 0.3 is 0 Å². The molecule has 0 bridgehead atoms. The van der Waals surface area contributed by atoms with Crippen LogP contribution in [0.3, 0.4) is 0 Å². The van der Waals surface area contributed by atoms with Crippen LogP contribution in [0, 0.1) is 0 Å². The van der Waals surface area contributed by atoms with Crippen LogP contribution < -0.4 is 10.6 Å². The third-order valence-electron chi connectivity index (χ3n) is 3.55. The summed E-state index contributed by atoms with van der Waals surface area (Å²) in [4.78, 5) is 20.3. The molecule has 1 aromatic carbocycles. The number of aromatic nitrogens is 2. The highest BCUT2D eigenvalue weighted by molar-refractivity contribution is 5.92. The van der Waals surface area contributed by atoms with Gasteiger partial charge in [-0.1, -0.05) is 39.3 Å². The predicted octanol–water partition coefficient (Wildman–Crippen LogP) is 3.87. The summed E-state index contributed by atoms with van der Waals surface area (Å²) in [5.41, 5.74) is 2.58. The number of hydrogen-bond donors (Lipinski definition) is 2. The van der Waals surface area contributed by atoms with Crippen molar-refractivity contribution in [3.8, 4) is 0 Å². The summed E-state index contributed by atoms with van der Waals surface area (Å²) in [6, 6.07) is 8.22. The van der Waals surface area contributed by atoms with Crippen molar-refractivity contribution < 1.29 is 4.79 Å². The summed E-state index contributed by atoms with van der Waals surface area (Å²) in [5, 5.41) is 6.01. The van der Waals surface area contributed by atoms with Crippen molar-refractivity contribution in [1.82, 2.24) is 15.3 Å². The van der Waals surface area contributed by atoms with Crippen molar-refractivity contribution in [2.45, 2.75) is 39.5 Å². The van der Waals surface area contributed by atoms with E-state index in [9.17, 15) is 4.79 Å². The van der Waals surface area contributed by atoms with Crippen LogP contribution in [0.4, 0.5) is 11.5 Å². The number of benzene rings is 1. The fourth-order valence-corrected chi connectivity index (χ4v) is 2.08. The second kappa shape index (κ2) is 8.27. The van der Waals surface area contributed by atoms with E-state index in [2.05, 4.69) is 53.5 Å². The average molecular weight is 312 g/mol. The van der Waals surface area contributed by atoms with Gasteiger partial charge in [0.1, 0.15) is 11.5 Å². The Labute approximate surface area is 137 Å². The third-order valence-corrected chi connectivity index (χ3v) is 3.55. The molecule has 0 spiro atoms. The van der Waals surface area contributed by atoms with Crippen LogP contribution in [-0.4, -0.2) is 22.4 Å². The van der Waals surface area contributed by atoms with Gasteiger partial charge in [-0.25, -0.2) is 9.97 Å².